The van der Waals surface area contributed by atoms with Crippen molar-refractivity contribution in [2.24, 2.45) is 0 Å². The van der Waals surface area contributed by atoms with E-state index in [2.05, 4.69) is 72.8 Å². The first kappa shape index (κ1) is 18.6. The van der Waals surface area contributed by atoms with Crippen molar-refractivity contribution in [3.05, 3.63) is 119 Å². The minimum atomic E-state index is -0.421. The van der Waals surface area contributed by atoms with E-state index in [9.17, 15) is 4.79 Å². The number of hydrogen-bond donors (Lipinski definition) is 0. The van der Waals surface area contributed by atoms with Crippen LogP contribution in [-0.2, 0) is 9.54 Å². The zero-order valence-electron chi connectivity index (χ0n) is 15.7. The third-order valence-electron chi connectivity index (χ3n) is 5.16. The Balaban J connectivity index is 1.81. The van der Waals surface area contributed by atoms with Gasteiger partial charge in [0.05, 0.1) is 4.75 Å². The molecule has 1 aliphatic heterocycles. The van der Waals surface area contributed by atoms with Gasteiger partial charge in [-0.1, -0.05) is 91.0 Å². The lowest BCUT2D eigenvalue weighted by molar-refractivity contribution is -0.129. The van der Waals surface area contributed by atoms with E-state index in [4.69, 9.17) is 0 Å². The molecule has 0 unspecified atom stereocenters. The maximum Gasteiger partial charge on any atom is 0.247 e. The number of thioether (sulfide) groups is 1. The number of hydrogen-bond acceptors (Lipinski definition) is 2. The molecule has 0 atom stereocenters. The summed E-state index contributed by atoms with van der Waals surface area (Å²) >= 11 is 1.68. The number of carbonyl (C=O) groups excluding carboxylic acids is 1. The van der Waals surface area contributed by atoms with Crippen LogP contribution in [0.5, 0.6) is 0 Å². The van der Waals surface area contributed by atoms with Gasteiger partial charge >= 0.3 is 0 Å². The highest BCUT2D eigenvalue weighted by Crippen LogP contribution is 2.48. The van der Waals surface area contributed by atoms with Crippen LogP contribution in [0.25, 0.3) is 0 Å². The highest BCUT2D eigenvalue weighted by molar-refractivity contribution is 8.03. The van der Waals surface area contributed by atoms with Crippen molar-refractivity contribution in [1.29, 1.82) is 0 Å². The molecule has 0 radical (unpaired) electrons. The predicted molar refractivity (Wildman–Crippen MR) is 117 cm³/mol. The maximum absolute atomic E-state index is 12.3. The van der Waals surface area contributed by atoms with Crippen molar-refractivity contribution in [3.63, 3.8) is 0 Å². The van der Waals surface area contributed by atoms with Crippen LogP contribution in [0.3, 0.4) is 0 Å². The third kappa shape index (κ3) is 3.63. The van der Waals surface area contributed by atoms with Gasteiger partial charge in [0.15, 0.2) is 0 Å². The monoisotopic (exact) mass is 385 g/mol. The molecule has 4 rings (SSSR count). The molecule has 1 heterocycles. The van der Waals surface area contributed by atoms with Gasteiger partial charge in [-0.3, -0.25) is 4.79 Å². The van der Waals surface area contributed by atoms with E-state index in [1.807, 2.05) is 28.5 Å². The van der Waals surface area contributed by atoms with Gasteiger partial charge < -0.3 is 4.90 Å². The lowest BCUT2D eigenvalue weighted by Gasteiger charge is -2.34. The van der Waals surface area contributed by atoms with E-state index in [1.54, 1.807) is 17.8 Å². The molecule has 0 N–H and O–H groups in total. The largest absolute Gasteiger partial charge is 0.339 e. The van der Waals surface area contributed by atoms with Crippen molar-refractivity contribution >= 4 is 17.7 Å². The Morgan fingerprint density at radius 1 is 0.750 bits per heavy atom. The van der Waals surface area contributed by atoms with E-state index in [0.717, 1.165) is 19.5 Å². The van der Waals surface area contributed by atoms with Crippen molar-refractivity contribution in [1.82, 2.24) is 4.90 Å². The number of likely N-dealkylation sites (tertiary alicyclic amines) is 1. The number of amides is 1. The molecule has 140 valence electrons. The molecule has 0 spiro atoms. The van der Waals surface area contributed by atoms with E-state index in [1.165, 1.54) is 16.7 Å². The fraction of sp³-hybridized carbons (Fsp3) is 0.160. The lowest BCUT2D eigenvalue weighted by atomic mass is 9.84. The average molecular weight is 386 g/mol. The lowest BCUT2D eigenvalue weighted by Crippen LogP contribution is -2.41. The Morgan fingerprint density at radius 3 is 1.54 bits per heavy atom. The first-order valence-corrected chi connectivity index (χ1v) is 10.5. The summed E-state index contributed by atoms with van der Waals surface area (Å²) in [7, 11) is 0. The summed E-state index contributed by atoms with van der Waals surface area (Å²) in [6.45, 7) is 1.74. The van der Waals surface area contributed by atoms with Gasteiger partial charge in [0.2, 0.25) is 5.91 Å². The molecule has 1 saturated heterocycles. The van der Waals surface area contributed by atoms with Gasteiger partial charge in [-0.15, -0.1) is 11.8 Å². The van der Waals surface area contributed by atoms with E-state index >= 15 is 0 Å². The zero-order chi connectivity index (χ0) is 19.2. The summed E-state index contributed by atoms with van der Waals surface area (Å²) in [5.74, 6) is 0.0989. The zero-order valence-corrected chi connectivity index (χ0v) is 16.5. The molecule has 3 heteroatoms. The van der Waals surface area contributed by atoms with Crippen molar-refractivity contribution < 1.29 is 4.79 Å². The van der Waals surface area contributed by atoms with Crippen LogP contribution in [0.4, 0.5) is 0 Å². The summed E-state index contributed by atoms with van der Waals surface area (Å²) in [5.41, 5.74) is 3.58. The Hall–Kier alpha value is -2.78. The Bertz CT molecular complexity index is 837. The summed E-state index contributed by atoms with van der Waals surface area (Å²) in [6, 6.07) is 31.6. The van der Waals surface area contributed by atoms with Crippen LogP contribution in [0, 0.1) is 0 Å². The van der Waals surface area contributed by atoms with Crippen LogP contribution in [-0.4, -0.2) is 23.9 Å². The minimum absolute atomic E-state index is 0.0989. The fourth-order valence-electron chi connectivity index (χ4n) is 3.56. The quantitative estimate of drug-likeness (QED) is 0.415. The normalized spacial score (nSPS) is 14.1. The van der Waals surface area contributed by atoms with E-state index < -0.39 is 4.75 Å². The molecule has 0 aliphatic carbocycles. The number of carbonyl (C=O) groups is 1. The first-order chi connectivity index (χ1) is 13.8. The SMILES string of the molecule is O=C(/C=C/SC(c1ccccc1)(c1ccccc1)c1ccccc1)N1CCC1. The second-order valence-corrected chi connectivity index (χ2v) is 8.00. The number of rotatable bonds is 6. The highest BCUT2D eigenvalue weighted by Gasteiger charge is 2.36. The van der Waals surface area contributed by atoms with Crippen LogP contribution < -0.4 is 0 Å². The standard InChI is InChI=1S/C25H23NOS/c27-24(26-18-10-19-26)17-20-28-25(21-11-4-1-5-12-21,22-13-6-2-7-14-22)23-15-8-3-9-16-23/h1-9,11-17,20H,10,18-19H2/b20-17+. The molecule has 2 nitrogen and oxygen atoms in total. The summed E-state index contributed by atoms with van der Waals surface area (Å²) in [4.78, 5) is 14.2. The first-order valence-electron chi connectivity index (χ1n) is 9.60. The average Bonchev–Trinajstić information content (AvgIpc) is 2.72. The van der Waals surface area contributed by atoms with Gasteiger partial charge in [-0.25, -0.2) is 0 Å². The second-order valence-electron chi connectivity index (χ2n) is 6.88. The maximum atomic E-state index is 12.3. The summed E-state index contributed by atoms with van der Waals surface area (Å²) in [6.07, 6.45) is 2.82. The van der Waals surface area contributed by atoms with Gasteiger partial charge in [0.25, 0.3) is 0 Å². The highest BCUT2D eigenvalue weighted by atomic mass is 32.2. The summed E-state index contributed by atoms with van der Waals surface area (Å²) in [5, 5.41) is 1.97. The fourth-order valence-corrected chi connectivity index (χ4v) is 4.76. The Labute approximate surface area is 170 Å². The van der Waals surface area contributed by atoms with Crippen molar-refractivity contribution in [3.8, 4) is 0 Å². The molecule has 28 heavy (non-hydrogen) atoms. The smallest absolute Gasteiger partial charge is 0.247 e. The van der Waals surface area contributed by atoms with Gasteiger partial charge in [0.1, 0.15) is 0 Å². The molecular formula is C25H23NOS. The van der Waals surface area contributed by atoms with Crippen molar-refractivity contribution in [2.75, 3.05) is 13.1 Å². The Kier molecular flexibility index (Phi) is 5.63. The minimum Gasteiger partial charge on any atom is -0.339 e. The summed E-state index contributed by atoms with van der Waals surface area (Å²) < 4.78 is -0.421. The second kappa shape index (κ2) is 8.49. The van der Waals surface area contributed by atoms with Gasteiger partial charge in [-0.2, -0.15) is 0 Å². The molecular weight excluding hydrogens is 362 g/mol. The predicted octanol–water partition coefficient (Wildman–Crippen LogP) is 5.46. The molecule has 0 aromatic heterocycles. The van der Waals surface area contributed by atoms with Crippen LogP contribution in [0.15, 0.2) is 102 Å². The van der Waals surface area contributed by atoms with Crippen molar-refractivity contribution in [2.45, 2.75) is 11.2 Å². The topological polar surface area (TPSA) is 20.3 Å². The van der Waals surface area contributed by atoms with Crippen LogP contribution in [0.2, 0.25) is 0 Å². The van der Waals surface area contributed by atoms with E-state index in [-0.39, 0.29) is 5.91 Å². The number of benzene rings is 3. The van der Waals surface area contributed by atoms with Gasteiger partial charge in [-0.05, 0) is 28.5 Å². The molecule has 0 saturated carbocycles. The van der Waals surface area contributed by atoms with Crippen LogP contribution in [0.1, 0.15) is 23.1 Å². The van der Waals surface area contributed by atoms with Gasteiger partial charge in [0, 0.05) is 19.2 Å². The number of nitrogens with zero attached hydrogens (tertiary/aromatic N) is 1. The molecule has 1 amide bonds. The van der Waals surface area contributed by atoms with E-state index in [0.29, 0.717) is 0 Å². The Morgan fingerprint density at radius 2 is 1.18 bits per heavy atom. The van der Waals surface area contributed by atoms with Crippen LogP contribution >= 0.6 is 11.8 Å². The third-order valence-corrected chi connectivity index (χ3v) is 6.50. The molecule has 3 aromatic carbocycles. The molecule has 1 aliphatic rings. The molecule has 1 fully saturated rings. The molecule has 3 aromatic rings. The molecule has 0 bridgehead atoms.